The fourth-order valence-electron chi connectivity index (χ4n) is 6.16. The van der Waals surface area contributed by atoms with Crippen LogP contribution in [-0.4, -0.2) is 78.0 Å². The van der Waals surface area contributed by atoms with Crippen LogP contribution in [0.25, 0.3) is 22.6 Å². The number of nitrogens with zero attached hydrogens (tertiary/aromatic N) is 8. The van der Waals surface area contributed by atoms with Gasteiger partial charge in [-0.05, 0) is 66.1 Å². The van der Waals surface area contributed by atoms with Crippen molar-refractivity contribution in [3.05, 3.63) is 83.7 Å². The lowest BCUT2D eigenvalue weighted by atomic mass is 10.0. The minimum absolute atomic E-state index is 0.0464. The number of oxazole rings is 1. The highest BCUT2D eigenvalue weighted by Gasteiger charge is 2.32. The van der Waals surface area contributed by atoms with Gasteiger partial charge < -0.3 is 14.6 Å². The first-order valence-electron chi connectivity index (χ1n) is 15.1. The first-order chi connectivity index (χ1) is 21.9. The topological polar surface area (TPSA) is 135 Å². The van der Waals surface area contributed by atoms with Crippen LogP contribution >= 0.6 is 0 Å². The molecule has 1 saturated heterocycles. The zero-order chi connectivity index (χ0) is 30.9. The molecule has 1 aliphatic carbocycles. The smallest absolute Gasteiger partial charge is 0.272 e. The number of amides is 2. The summed E-state index contributed by atoms with van der Waals surface area (Å²) in [6.07, 6.45) is 5.62. The number of tetrazole rings is 1. The molecule has 2 aliphatic rings. The Morgan fingerprint density at radius 3 is 2.51 bits per heavy atom. The molecule has 2 amide bonds. The van der Waals surface area contributed by atoms with Crippen LogP contribution in [0.1, 0.15) is 53.6 Å². The number of anilines is 1. The molecule has 2 fully saturated rings. The highest BCUT2D eigenvalue weighted by atomic mass is 19.1. The molecule has 45 heavy (non-hydrogen) atoms. The number of carbonyl (C=O) groups excluding carboxylic acids is 2. The summed E-state index contributed by atoms with van der Waals surface area (Å²) < 4.78 is 19.7. The van der Waals surface area contributed by atoms with E-state index in [9.17, 15) is 14.0 Å². The van der Waals surface area contributed by atoms with E-state index in [-0.39, 0.29) is 29.6 Å². The van der Waals surface area contributed by atoms with Crippen LogP contribution in [0.15, 0.2) is 65.2 Å². The molecular weight excluding hydrogens is 577 g/mol. The number of aromatic nitrogens is 6. The zero-order valence-electron chi connectivity index (χ0n) is 24.8. The van der Waals surface area contributed by atoms with Crippen molar-refractivity contribution in [2.45, 2.75) is 31.7 Å². The van der Waals surface area contributed by atoms with Gasteiger partial charge in [0, 0.05) is 49.5 Å². The molecule has 1 unspecified atom stereocenters. The van der Waals surface area contributed by atoms with Gasteiger partial charge in [-0.3, -0.25) is 19.5 Å². The van der Waals surface area contributed by atoms with Gasteiger partial charge in [-0.2, -0.15) is 4.80 Å². The molecule has 13 heteroatoms. The number of hydrogen-bond donors (Lipinski definition) is 1. The summed E-state index contributed by atoms with van der Waals surface area (Å²) in [5.74, 6) is 0.478. The first kappa shape index (κ1) is 28.7. The second kappa shape index (κ2) is 12.2. The van der Waals surface area contributed by atoms with E-state index < -0.39 is 0 Å². The molecule has 12 nitrogen and oxygen atoms in total. The SMILES string of the molecule is Cn1nnc(C(c2ccc(F)cc2)N2CCN(C(=O)c3cc(-c4nc5cc(NC(=O)C6CCCC6)ccc5o4)ccn3)CC2)n1. The summed E-state index contributed by atoms with van der Waals surface area (Å²) >= 11 is 0. The largest absolute Gasteiger partial charge is 0.436 e. The van der Waals surface area contributed by atoms with Gasteiger partial charge >= 0.3 is 0 Å². The Hall–Kier alpha value is -5.04. The minimum Gasteiger partial charge on any atom is -0.436 e. The van der Waals surface area contributed by atoms with Crippen LogP contribution < -0.4 is 5.32 Å². The molecule has 0 bridgehead atoms. The van der Waals surface area contributed by atoms with Gasteiger partial charge in [0.1, 0.15) is 17.0 Å². The van der Waals surface area contributed by atoms with E-state index in [0.29, 0.717) is 65.9 Å². The van der Waals surface area contributed by atoms with E-state index in [1.165, 1.54) is 16.9 Å². The molecular formula is C32H32FN9O3. The number of nitrogens with one attached hydrogen (secondary N) is 1. The lowest BCUT2D eigenvalue weighted by molar-refractivity contribution is -0.119. The standard InChI is InChI=1S/C32H32FN9O3/c1-40-38-29(37-39-40)28(20-6-8-23(33)9-7-20)41-14-16-42(17-15-41)32(44)26-18-22(12-13-34-26)31-36-25-19-24(10-11-27(25)45-31)35-30(43)21-4-2-3-5-21/h6-13,18-19,21,28H,2-5,14-17H2,1H3,(H,35,43). The fourth-order valence-corrected chi connectivity index (χ4v) is 6.16. The number of piperazine rings is 1. The molecule has 1 aliphatic heterocycles. The van der Waals surface area contributed by atoms with Crippen LogP contribution in [-0.2, 0) is 11.8 Å². The van der Waals surface area contributed by atoms with Crippen LogP contribution in [0.4, 0.5) is 10.1 Å². The lowest BCUT2D eigenvalue weighted by Gasteiger charge is -2.38. The summed E-state index contributed by atoms with van der Waals surface area (Å²) in [4.78, 5) is 40.4. The van der Waals surface area contributed by atoms with Crippen molar-refractivity contribution in [2.24, 2.45) is 13.0 Å². The molecule has 1 atom stereocenters. The molecule has 5 aromatic rings. The van der Waals surface area contributed by atoms with Crippen molar-refractivity contribution in [2.75, 3.05) is 31.5 Å². The van der Waals surface area contributed by atoms with Crippen molar-refractivity contribution >= 4 is 28.6 Å². The molecule has 7 rings (SSSR count). The van der Waals surface area contributed by atoms with Gasteiger partial charge in [0.05, 0.1) is 13.1 Å². The Labute approximate surface area is 258 Å². The molecule has 0 spiro atoms. The van der Waals surface area contributed by atoms with Gasteiger partial charge in [0.15, 0.2) is 11.4 Å². The van der Waals surface area contributed by atoms with E-state index in [1.54, 1.807) is 54.5 Å². The van der Waals surface area contributed by atoms with E-state index in [4.69, 9.17) is 4.42 Å². The number of halogens is 1. The number of fused-ring (bicyclic) bond motifs is 1. The van der Waals surface area contributed by atoms with Gasteiger partial charge in [-0.1, -0.05) is 25.0 Å². The molecule has 1 saturated carbocycles. The predicted octanol–water partition coefficient (Wildman–Crippen LogP) is 4.23. The number of benzene rings is 2. The Morgan fingerprint density at radius 1 is 1.00 bits per heavy atom. The lowest BCUT2D eigenvalue weighted by Crippen LogP contribution is -2.50. The van der Waals surface area contributed by atoms with Crippen LogP contribution in [0.5, 0.6) is 0 Å². The number of carbonyl (C=O) groups is 2. The second-order valence-corrected chi connectivity index (χ2v) is 11.5. The normalized spacial score (nSPS) is 16.7. The molecule has 2 aromatic carbocycles. The van der Waals surface area contributed by atoms with Crippen LogP contribution in [0.3, 0.4) is 0 Å². The average Bonchev–Trinajstić information content (AvgIpc) is 3.84. The average molecular weight is 610 g/mol. The molecule has 230 valence electrons. The first-order valence-corrected chi connectivity index (χ1v) is 15.1. The zero-order valence-corrected chi connectivity index (χ0v) is 24.8. The molecule has 0 radical (unpaired) electrons. The molecule has 4 heterocycles. The molecule has 3 aromatic heterocycles. The van der Waals surface area contributed by atoms with Gasteiger partial charge in [0.25, 0.3) is 5.91 Å². The van der Waals surface area contributed by atoms with Crippen LogP contribution in [0.2, 0.25) is 0 Å². The van der Waals surface area contributed by atoms with Gasteiger partial charge in [-0.25, -0.2) is 9.37 Å². The van der Waals surface area contributed by atoms with E-state index in [1.807, 2.05) is 6.07 Å². The number of rotatable bonds is 7. The highest BCUT2D eigenvalue weighted by molar-refractivity contribution is 5.95. The van der Waals surface area contributed by atoms with Crippen molar-refractivity contribution in [1.29, 1.82) is 0 Å². The maximum absolute atomic E-state index is 13.7. The minimum atomic E-state index is -0.325. The van der Waals surface area contributed by atoms with E-state index >= 15 is 0 Å². The van der Waals surface area contributed by atoms with Crippen LogP contribution in [0, 0.1) is 11.7 Å². The third-order valence-corrected chi connectivity index (χ3v) is 8.53. The predicted molar refractivity (Wildman–Crippen MR) is 162 cm³/mol. The van der Waals surface area contributed by atoms with Crippen molar-refractivity contribution in [1.82, 2.24) is 40.0 Å². The fraction of sp³-hybridized carbons (Fsp3) is 0.344. The Bertz CT molecular complexity index is 1840. The Morgan fingerprint density at radius 2 is 1.78 bits per heavy atom. The van der Waals surface area contributed by atoms with Gasteiger partial charge in [0.2, 0.25) is 11.8 Å². The summed E-state index contributed by atoms with van der Waals surface area (Å²) in [5.41, 5.74) is 3.64. The van der Waals surface area contributed by atoms with E-state index in [2.05, 4.69) is 35.6 Å². The quantitative estimate of drug-likeness (QED) is 0.288. The Kier molecular flexibility index (Phi) is 7.76. The van der Waals surface area contributed by atoms with Gasteiger partial charge in [-0.15, -0.1) is 10.2 Å². The highest BCUT2D eigenvalue weighted by Crippen LogP contribution is 2.30. The van der Waals surface area contributed by atoms with Crippen molar-refractivity contribution in [3.63, 3.8) is 0 Å². The summed E-state index contributed by atoms with van der Waals surface area (Å²) in [7, 11) is 1.70. The third-order valence-electron chi connectivity index (χ3n) is 8.53. The maximum Gasteiger partial charge on any atom is 0.272 e. The Balaban J connectivity index is 1.04. The maximum atomic E-state index is 13.7. The number of hydrogen-bond acceptors (Lipinski definition) is 9. The van der Waals surface area contributed by atoms with Crippen molar-refractivity contribution in [3.8, 4) is 11.5 Å². The summed E-state index contributed by atoms with van der Waals surface area (Å²) in [5, 5.41) is 15.6. The third kappa shape index (κ3) is 6.03. The number of aryl methyl sites for hydroxylation is 1. The van der Waals surface area contributed by atoms with Crippen molar-refractivity contribution < 1.29 is 18.4 Å². The second-order valence-electron chi connectivity index (χ2n) is 11.5. The number of pyridine rings is 1. The monoisotopic (exact) mass is 609 g/mol. The summed E-state index contributed by atoms with van der Waals surface area (Å²) in [6.45, 7) is 2.02. The summed E-state index contributed by atoms with van der Waals surface area (Å²) in [6, 6.07) is 14.8. The molecule has 1 N–H and O–H groups in total. The van der Waals surface area contributed by atoms with E-state index in [0.717, 1.165) is 31.2 Å².